The van der Waals surface area contributed by atoms with Crippen LogP contribution in [0.1, 0.15) is 50.7 Å². The van der Waals surface area contributed by atoms with Gasteiger partial charge in [-0.1, -0.05) is 107 Å². The molecule has 2 aromatic rings. The maximum atomic E-state index is 15.3. The number of nitrogens with two attached hydrogens (primary N) is 1. The van der Waals surface area contributed by atoms with Crippen molar-refractivity contribution in [1.82, 2.24) is 67.5 Å². The van der Waals surface area contributed by atoms with Gasteiger partial charge in [0.2, 0.25) is 47.3 Å². The third kappa shape index (κ3) is 26.7. The van der Waals surface area contributed by atoms with Crippen LogP contribution in [-0.4, -0.2) is 285 Å². The van der Waals surface area contributed by atoms with Gasteiger partial charge >= 0.3 is 17.9 Å². The van der Waals surface area contributed by atoms with Crippen LogP contribution in [-0.2, 0) is 65.6 Å². The van der Waals surface area contributed by atoms with Crippen molar-refractivity contribution in [2.75, 3.05) is 103 Å². The van der Waals surface area contributed by atoms with E-state index in [2.05, 4.69) is 47.9 Å². The summed E-state index contributed by atoms with van der Waals surface area (Å²) in [6, 6.07) is 5.23. The highest BCUT2D eigenvalue weighted by Gasteiger charge is 2.39. The lowest BCUT2D eigenvalue weighted by Crippen LogP contribution is -2.62. The summed E-state index contributed by atoms with van der Waals surface area (Å²) in [6.07, 6.45) is 6.70. The smallest absolute Gasteiger partial charge is 0.317 e. The van der Waals surface area contributed by atoms with Gasteiger partial charge in [-0.15, -0.1) is 0 Å². The Kier molecular flexibility index (Phi) is 32.9. The van der Waals surface area contributed by atoms with E-state index in [1.54, 1.807) is 86.5 Å². The topological polar surface area (TPSA) is 456 Å². The van der Waals surface area contributed by atoms with Crippen molar-refractivity contribution in [2.45, 2.75) is 119 Å². The molecular formula is C65H94N14O17S2. The first-order valence-corrected chi connectivity index (χ1v) is 35.1. The summed E-state index contributed by atoms with van der Waals surface area (Å²) in [6.45, 7) is 1.29. The number of hydrogen-bond donors (Lipinski definition) is 16. The molecule has 3 aliphatic heterocycles. The number of aliphatic hydroxyl groups is 3. The lowest BCUT2D eigenvalue weighted by molar-refractivity contribution is -0.140. The molecule has 538 valence electrons. The number of nitrogens with zero attached hydrogens (tertiary/aromatic N) is 4. The van der Waals surface area contributed by atoms with E-state index in [-0.39, 0.29) is 121 Å². The lowest BCUT2D eigenvalue weighted by Gasteiger charge is -2.33. The highest BCUT2D eigenvalue weighted by atomic mass is 33.1. The molecule has 2 fully saturated rings. The van der Waals surface area contributed by atoms with Gasteiger partial charge in [-0.3, -0.25) is 72.3 Å². The number of carboxylic acid groups (broad SMARTS) is 3. The lowest BCUT2D eigenvalue weighted by atomic mass is 9.87. The molecule has 98 heavy (non-hydrogen) atoms. The number of carbonyl (C=O) groups is 11. The Balaban J connectivity index is 1.38. The Morgan fingerprint density at radius 1 is 0.602 bits per heavy atom. The van der Waals surface area contributed by atoms with Gasteiger partial charge in [-0.25, -0.2) is 0 Å². The van der Waals surface area contributed by atoms with Crippen LogP contribution in [0.4, 0.5) is 0 Å². The van der Waals surface area contributed by atoms with Gasteiger partial charge in [0.25, 0.3) is 0 Å². The zero-order valence-electron chi connectivity index (χ0n) is 55.0. The summed E-state index contributed by atoms with van der Waals surface area (Å²) in [4.78, 5) is 160. The number of amides is 8. The standard InChI is InChI=1S/C65H94N14O17S2/c1-40(81)51(37-80)72-64(95)53-39-98-97-38-52(73-60(91)48(29-42-13-5-3-6-14-42)68-54(83)33-76-21-23-77(34-55(84)85)25-27-79(36-57(88)89)28-26-78(24-22-76)35-56(86)87)63(94)70-49(30-43-15-7-4-8-16-43)61(92)71-50(31-44-32-67-46-18-10-9-17-45(44)46)62(93)69-47(19-11-12-20-66)59(90)75-58(41(2)82)65(96)74-53/h3-10,13-18,32,40-41,45-53,58,67,80-82H,11-12,19-31,33-39,66H2,1-2H3,(H,68,83)(H,69,93)(H,70,94)(H,71,92)(H,72,95)(H,73,91)(H,74,96)(H,75,90)(H,84,85)(H,86,87)(H,88,89)/t40?,41?,45?,46?,47-,48+,49-,50+,51?,52-,53-,58?/m0/s1. The second-order valence-electron chi connectivity index (χ2n) is 24.6. The highest BCUT2D eigenvalue weighted by Crippen LogP contribution is 2.30. The number of unbranched alkanes of at least 4 members (excludes halogenated alkanes) is 1. The van der Waals surface area contributed by atoms with E-state index in [4.69, 9.17) is 5.73 Å². The number of benzene rings is 2. The van der Waals surface area contributed by atoms with Crippen LogP contribution in [0.2, 0.25) is 0 Å². The quantitative estimate of drug-likeness (QED) is 0.0316. The van der Waals surface area contributed by atoms with Crippen molar-refractivity contribution in [3.05, 3.63) is 108 Å². The minimum atomic E-state index is -1.75. The molecule has 0 aromatic heterocycles. The molecule has 0 saturated carbocycles. The number of rotatable bonds is 26. The number of carbonyl (C=O) groups excluding carboxylic acids is 8. The SMILES string of the molecule is CC(O)C(CO)NC(=O)[C@@H]1CSSC[C@H](NC(=O)[C@@H](Cc2ccccc2)NC(=O)CN2CCN(CC(=O)O)CCN(CC(=O)O)CCN(CC(=O)O)CC2)C(=O)N[C@@H](Cc2ccccc2)C(=O)N[C@H](CC2=CNC3C=CC=CC23)C(=O)N[C@@H](CCCCN)C(=O)NC(C(C)O)C(=O)N1. The van der Waals surface area contributed by atoms with Crippen LogP contribution in [0.3, 0.4) is 0 Å². The summed E-state index contributed by atoms with van der Waals surface area (Å²) in [5, 5.41) is 85.8. The van der Waals surface area contributed by atoms with Crippen LogP contribution >= 0.6 is 21.6 Å². The van der Waals surface area contributed by atoms with Crippen molar-refractivity contribution in [3.63, 3.8) is 0 Å². The van der Waals surface area contributed by atoms with Gasteiger partial charge in [-0.05, 0) is 69.0 Å². The monoisotopic (exact) mass is 1410 g/mol. The third-order valence-corrected chi connectivity index (χ3v) is 19.3. The number of hydrogen-bond acceptors (Lipinski definition) is 22. The number of aliphatic carboxylic acids is 3. The number of nitrogens with one attached hydrogen (secondary N) is 9. The fourth-order valence-corrected chi connectivity index (χ4v) is 13.7. The Morgan fingerprint density at radius 2 is 1.11 bits per heavy atom. The van der Waals surface area contributed by atoms with Gasteiger partial charge in [0, 0.05) is 82.6 Å². The summed E-state index contributed by atoms with van der Waals surface area (Å²) >= 11 is 0. The predicted octanol–water partition coefficient (Wildman–Crippen LogP) is -3.91. The summed E-state index contributed by atoms with van der Waals surface area (Å²) < 4.78 is 0. The van der Waals surface area contributed by atoms with Gasteiger partial charge in [0.15, 0.2) is 0 Å². The molecular weight excluding hydrogens is 1310 g/mol. The van der Waals surface area contributed by atoms with Crippen LogP contribution in [0.25, 0.3) is 0 Å². The molecule has 8 amide bonds. The summed E-state index contributed by atoms with van der Waals surface area (Å²) in [5.74, 6) is -11.4. The fourth-order valence-electron chi connectivity index (χ4n) is 11.4. The molecule has 12 atom stereocenters. The largest absolute Gasteiger partial charge is 0.480 e. The van der Waals surface area contributed by atoms with Crippen LogP contribution in [0, 0.1) is 5.92 Å². The fraction of sp³-hybridized carbons (Fsp3) is 0.554. The minimum Gasteiger partial charge on any atom is -0.480 e. The molecule has 0 spiro atoms. The third-order valence-electron chi connectivity index (χ3n) is 16.9. The molecule has 17 N–H and O–H groups in total. The molecule has 4 aliphatic rings. The highest BCUT2D eigenvalue weighted by molar-refractivity contribution is 8.76. The number of allylic oxidation sites excluding steroid dienone is 2. The Morgan fingerprint density at radius 3 is 1.65 bits per heavy atom. The molecule has 2 saturated heterocycles. The van der Waals surface area contributed by atoms with Crippen LogP contribution in [0.15, 0.2) is 96.7 Å². The molecule has 0 bridgehead atoms. The second-order valence-corrected chi connectivity index (χ2v) is 27.2. The first kappa shape index (κ1) is 79.0. The van der Waals surface area contributed by atoms with Crippen LogP contribution < -0.4 is 53.6 Å². The Hall–Kier alpha value is -7.99. The van der Waals surface area contributed by atoms with Gasteiger partial charge in [0.05, 0.1) is 57.1 Å². The van der Waals surface area contributed by atoms with E-state index in [0.29, 0.717) is 29.5 Å². The summed E-state index contributed by atoms with van der Waals surface area (Å²) in [7, 11) is 1.87. The molecule has 0 radical (unpaired) electrons. The zero-order valence-corrected chi connectivity index (χ0v) is 56.6. The average molecular weight is 1410 g/mol. The Labute approximate surface area is 576 Å². The molecule has 2 aromatic carbocycles. The number of aliphatic hydroxyl groups excluding tert-OH is 3. The first-order chi connectivity index (χ1) is 46.9. The van der Waals surface area contributed by atoms with Crippen molar-refractivity contribution < 1.29 is 83.4 Å². The first-order valence-electron chi connectivity index (χ1n) is 32.7. The van der Waals surface area contributed by atoms with Crippen molar-refractivity contribution in [3.8, 4) is 0 Å². The van der Waals surface area contributed by atoms with E-state index in [1.807, 2.05) is 24.3 Å². The van der Waals surface area contributed by atoms with E-state index in [9.17, 15) is 69.0 Å². The predicted molar refractivity (Wildman–Crippen MR) is 364 cm³/mol. The number of carboxylic acids is 3. The maximum absolute atomic E-state index is 15.3. The van der Waals surface area contributed by atoms with Gasteiger partial charge in [0.1, 0.15) is 42.3 Å². The van der Waals surface area contributed by atoms with Gasteiger partial charge < -0.3 is 84.2 Å². The molecule has 6 unspecified atom stereocenters. The van der Waals surface area contributed by atoms with Crippen molar-refractivity contribution in [1.29, 1.82) is 0 Å². The molecule has 1 aliphatic carbocycles. The summed E-state index contributed by atoms with van der Waals surface area (Å²) in [5.41, 5.74) is 7.70. The average Bonchev–Trinajstić information content (AvgIpc) is 1.60. The maximum Gasteiger partial charge on any atom is 0.317 e. The van der Waals surface area contributed by atoms with Gasteiger partial charge in [-0.2, -0.15) is 0 Å². The molecule has 31 nitrogen and oxygen atoms in total. The molecule has 3 heterocycles. The van der Waals surface area contributed by atoms with Crippen LogP contribution in [0.5, 0.6) is 0 Å². The minimum absolute atomic E-state index is 0.0237. The van der Waals surface area contributed by atoms with Crippen molar-refractivity contribution in [2.24, 2.45) is 11.7 Å². The van der Waals surface area contributed by atoms with E-state index < -0.39 is 145 Å². The molecule has 33 heteroatoms. The van der Waals surface area contributed by atoms with E-state index in [1.165, 1.54) is 13.8 Å². The Bertz CT molecular complexity index is 3080. The normalized spacial score (nSPS) is 24.6. The number of fused-ring (bicyclic) bond motifs is 1. The van der Waals surface area contributed by atoms with E-state index >= 15 is 14.4 Å². The van der Waals surface area contributed by atoms with Crippen molar-refractivity contribution >= 4 is 86.8 Å². The van der Waals surface area contributed by atoms with E-state index in [0.717, 1.165) is 21.6 Å². The zero-order chi connectivity index (χ0) is 71.3. The second kappa shape index (κ2) is 40.8. The molecule has 6 rings (SSSR count).